The van der Waals surface area contributed by atoms with E-state index in [0.717, 1.165) is 5.56 Å². The second-order valence-corrected chi connectivity index (χ2v) is 5.81. The molecule has 3 rings (SSSR count). The second-order valence-electron chi connectivity index (χ2n) is 5.81. The highest BCUT2D eigenvalue weighted by Gasteiger charge is 2.19. The van der Waals surface area contributed by atoms with Crippen LogP contribution < -0.4 is 15.0 Å². The molecule has 6 heteroatoms. The van der Waals surface area contributed by atoms with Crippen molar-refractivity contribution in [3.8, 4) is 11.5 Å². The van der Waals surface area contributed by atoms with Crippen molar-refractivity contribution in [2.45, 2.75) is 20.4 Å². The van der Waals surface area contributed by atoms with Crippen molar-refractivity contribution < 1.29 is 14.3 Å². The van der Waals surface area contributed by atoms with Crippen LogP contribution in [0.1, 0.15) is 28.4 Å². The SMILES string of the molecule is CCN(C)C(=O)c1c(C)ccn(Cc2ccc3c(c2)OCO3)c1=O. The number of ether oxygens (including phenoxy) is 2. The molecule has 0 fully saturated rings. The fourth-order valence-electron chi connectivity index (χ4n) is 2.62. The van der Waals surface area contributed by atoms with Gasteiger partial charge < -0.3 is 18.9 Å². The topological polar surface area (TPSA) is 60.8 Å². The normalized spacial score (nSPS) is 12.3. The predicted molar refractivity (Wildman–Crippen MR) is 89.7 cm³/mol. The van der Waals surface area contributed by atoms with E-state index in [-0.39, 0.29) is 23.8 Å². The maximum atomic E-state index is 12.7. The van der Waals surface area contributed by atoms with Gasteiger partial charge in [-0.05, 0) is 43.2 Å². The molecule has 0 aliphatic carbocycles. The van der Waals surface area contributed by atoms with Crippen LogP contribution in [-0.4, -0.2) is 35.8 Å². The van der Waals surface area contributed by atoms with Crippen molar-refractivity contribution in [3.63, 3.8) is 0 Å². The van der Waals surface area contributed by atoms with Gasteiger partial charge in [0.2, 0.25) is 6.79 Å². The molecule has 6 nitrogen and oxygen atoms in total. The third-order valence-corrected chi connectivity index (χ3v) is 4.20. The first kappa shape index (κ1) is 16.1. The summed E-state index contributed by atoms with van der Waals surface area (Å²) in [5.74, 6) is 1.13. The van der Waals surface area contributed by atoms with Crippen molar-refractivity contribution in [1.82, 2.24) is 9.47 Å². The first-order chi connectivity index (χ1) is 11.5. The molecular formula is C18H20N2O4. The van der Waals surface area contributed by atoms with E-state index < -0.39 is 0 Å². The van der Waals surface area contributed by atoms with E-state index in [1.807, 2.05) is 25.1 Å². The maximum Gasteiger partial charge on any atom is 0.263 e. The maximum absolute atomic E-state index is 12.7. The lowest BCUT2D eigenvalue weighted by molar-refractivity contribution is 0.0799. The molecule has 126 valence electrons. The van der Waals surface area contributed by atoms with Gasteiger partial charge in [0.15, 0.2) is 11.5 Å². The van der Waals surface area contributed by atoms with E-state index in [9.17, 15) is 9.59 Å². The highest BCUT2D eigenvalue weighted by molar-refractivity contribution is 5.95. The first-order valence-corrected chi connectivity index (χ1v) is 7.85. The van der Waals surface area contributed by atoms with Crippen LogP contribution in [0.15, 0.2) is 35.3 Å². The Labute approximate surface area is 140 Å². The highest BCUT2D eigenvalue weighted by Crippen LogP contribution is 2.32. The molecule has 0 atom stereocenters. The molecule has 2 heterocycles. The summed E-state index contributed by atoms with van der Waals surface area (Å²) in [5.41, 5.74) is 1.54. The Kier molecular flexibility index (Phi) is 4.29. The molecular weight excluding hydrogens is 308 g/mol. The van der Waals surface area contributed by atoms with E-state index in [0.29, 0.717) is 30.2 Å². The molecule has 0 spiro atoms. The molecule has 0 saturated heterocycles. The summed E-state index contributed by atoms with van der Waals surface area (Å²) >= 11 is 0. The van der Waals surface area contributed by atoms with Gasteiger partial charge in [0.1, 0.15) is 5.56 Å². The van der Waals surface area contributed by atoms with Crippen LogP contribution in [0.3, 0.4) is 0 Å². The van der Waals surface area contributed by atoms with Crippen LogP contribution >= 0.6 is 0 Å². The third-order valence-electron chi connectivity index (χ3n) is 4.20. The standard InChI is InChI=1S/C18H20N2O4/c1-4-19(3)17(21)16-12(2)7-8-20(18(16)22)10-13-5-6-14-15(9-13)24-11-23-14/h5-9H,4,10-11H2,1-3H3. The Balaban J connectivity index is 1.95. The Morgan fingerprint density at radius 3 is 2.75 bits per heavy atom. The van der Waals surface area contributed by atoms with Gasteiger partial charge in [0.25, 0.3) is 11.5 Å². The van der Waals surface area contributed by atoms with E-state index in [1.165, 1.54) is 4.90 Å². The first-order valence-electron chi connectivity index (χ1n) is 7.85. The number of aryl methyl sites for hydroxylation is 1. The molecule has 1 aliphatic heterocycles. The highest BCUT2D eigenvalue weighted by atomic mass is 16.7. The number of amides is 1. The largest absolute Gasteiger partial charge is 0.454 e. The lowest BCUT2D eigenvalue weighted by Gasteiger charge is -2.17. The number of aromatic nitrogens is 1. The van der Waals surface area contributed by atoms with Crippen LogP contribution in [0.2, 0.25) is 0 Å². The molecule has 0 bridgehead atoms. The van der Waals surface area contributed by atoms with Crippen LogP contribution in [0.4, 0.5) is 0 Å². The molecule has 1 aromatic carbocycles. The van der Waals surface area contributed by atoms with Gasteiger partial charge in [-0.15, -0.1) is 0 Å². The third kappa shape index (κ3) is 2.87. The van der Waals surface area contributed by atoms with Gasteiger partial charge >= 0.3 is 0 Å². The second kappa shape index (κ2) is 6.39. The summed E-state index contributed by atoms with van der Waals surface area (Å²) in [6, 6.07) is 7.37. The van der Waals surface area contributed by atoms with Crippen molar-refractivity contribution in [2.24, 2.45) is 0 Å². The van der Waals surface area contributed by atoms with E-state index in [4.69, 9.17) is 9.47 Å². The minimum absolute atomic E-state index is 0.214. The summed E-state index contributed by atoms with van der Waals surface area (Å²) in [4.78, 5) is 26.7. The molecule has 1 amide bonds. The van der Waals surface area contributed by atoms with Crippen LogP contribution in [0.5, 0.6) is 11.5 Å². The molecule has 1 aromatic heterocycles. The van der Waals surface area contributed by atoms with Crippen molar-refractivity contribution >= 4 is 5.91 Å². The lowest BCUT2D eigenvalue weighted by Crippen LogP contribution is -2.35. The summed E-state index contributed by atoms with van der Waals surface area (Å²) < 4.78 is 12.2. The number of fused-ring (bicyclic) bond motifs is 1. The minimum Gasteiger partial charge on any atom is -0.454 e. The number of rotatable bonds is 4. The molecule has 0 saturated carbocycles. The van der Waals surface area contributed by atoms with Gasteiger partial charge in [-0.25, -0.2) is 0 Å². The molecule has 2 aromatic rings. The molecule has 0 N–H and O–H groups in total. The summed E-state index contributed by atoms with van der Waals surface area (Å²) in [7, 11) is 1.69. The Morgan fingerprint density at radius 1 is 1.25 bits per heavy atom. The zero-order valence-corrected chi connectivity index (χ0v) is 14.0. The van der Waals surface area contributed by atoms with E-state index >= 15 is 0 Å². The van der Waals surface area contributed by atoms with Gasteiger partial charge in [0.05, 0.1) is 6.54 Å². The molecule has 0 radical (unpaired) electrons. The number of carbonyl (C=O) groups is 1. The average molecular weight is 328 g/mol. The Hall–Kier alpha value is -2.76. The van der Waals surface area contributed by atoms with Gasteiger partial charge in [-0.1, -0.05) is 6.07 Å². The number of benzene rings is 1. The molecule has 1 aliphatic rings. The average Bonchev–Trinajstić information content (AvgIpc) is 3.04. The fraction of sp³-hybridized carbons (Fsp3) is 0.333. The van der Waals surface area contributed by atoms with Crippen LogP contribution in [-0.2, 0) is 6.54 Å². The van der Waals surface area contributed by atoms with Gasteiger partial charge in [0, 0.05) is 19.8 Å². The Bertz CT molecular complexity index is 841. The van der Waals surface area contributed by atoms with E-state index in [2.05, 4.69) is 0 Å². The number of hydrogen-bond donors (Lipinski definition) is 0. The molecule has 24 heavy (non-hydrogen) atoms. The van der Waals surface area contributed by atoms with Gasteiger partial charge in [-0.3, -0.25) is 9.59 Å². The zero-order valence-electron chi connectivity index (χ0n) is 14.0. The van der Waals surface area contributed by atoms with Gasteiger partial charge in [-0.2, -0.15) is 0 Å². The fourth-order valence-corrected chi connectivity index (χ4v) is 2.62. The number of pyridine rings is 1. The molecule has 0 unspecified atom stereocenters. The number of nitrogens with zero attached hydrogens (tertiary/aromatic N) is 2. The Morgan fingerprint density at radius 2 is 2.00 bits per heavy atom. The van der Waals surface area contributed by atoms with Crippen molar-refractivity contribution in [3.05, 3.63) is 57.5 Å². The monoisotopic (exact) mass is 328 g/mol. The number of hydrogen-bond acceptors (Lipinski definition) is 4. The summed E-state index contributed by atoms with van der Waals surface area (Å²) in [6.07, 6.45) is 1.71. The predicted octanol–water partition coefficient (Wildman–Crippen LogP) is 2.03. The number of carbonyl (C=O) groups excluding carboxylic acids is 1. The van der Waals surface area contributed by atoms with Crippen LogP contribution in [0, 0.1) is 6.92 Å². The summed E-state index contributed by atoms with van der Waals surface area (Å²) in [6.45, 7) is 4.79. The summed E-state index contributed by atoms with van der Waals surface area (Å²) in [5, 5.41) is 0. The minimum atomic E-state index is -0.280. The van der Waals surface area contributed by atoms with Crippen molar-refractivity contribution in [1.29, 1.82) is 0 Å². The van der Waals surface area contributed by atoms with Crippen LogP contribution in [0.25, 0.3) is 0 Å². The van der Waals surface area contributed by atoms with Crippen molar-refractivity contribution in [2.75, 3.05) is 20.4 Å². The lowest BCUT2D eigenvalue weighted by atomic mass is 10.1. The smallest absolute Gasteiger partial charge is 0.263 e. The quantitative estimate of drug-likeness (QED) is 0.861. The van der Waals surface area contributed by atoms with E-state index in [1.54, 1.807) is 30.8 Å². The zero-order chi connectivity index (χ0) is 17.3.